The molecule has 0 aliphatic carbocycles. The number of hydrogen-bond donors (Lipinski definition) is 1. The van der Waals surface area contributed by atoms with Crippen molar-refractivity contribution in [3.63, 3.8) is 0 Å². The van der Waals surface area contributed by atoms with E-state index in [0.29, 0.717) is 31.4 Å². The van der Waals surface area contributed by atoms with Crippen molar-refractivity contribution < 1.29 is 13.6 Å². The first-order chi connectivity index (χ1) is 13.2. The lowest BCUT2D eigenvalue weighted by Crippen LogP contribution is -2.55. The molecule has 2 aromatic rings. The van der Waals surface area contributed by atoms with E-state index in [1.807, 2.05) is 17.0 Å². The third-order valence-electron chi connectivity index (χ3n) is 4.79. The fourth-order valence-electron chi connectivity index (χ4n) is 2.96. The van der Waals surface area contributed by atoms with Gasteiger partial charge in [0.2, 0.25) is 0 Å². The van der Waals surface area contributed by atoms with Crippen molar-refractivity contribution in [1.29, 1.82) is 0 Å². The zero-order valence-electron chi connectivity index (χ0n) is 16.1. The van der Waals surface area contributed by atoms with Crippen LogP contribution >= 0.6 is 0 Å². The number of rotatable bonds is 6. The van der Waals surface area contributed by atoms with Gasteiger partial charge in [-0.25, -0.2) is 0 Å². The lowest BCUT2D eigenvalue weighted by Gasteiger charge is -2.37. The average molecular weight is 372 g/mol. The summed E-state index contributed by atoms with van der Waals surface area (Å²) in [6.45, 7) is 7.76. The third-order valence-corrected chi connectivity index (χ3v) is 4.79. The first-order valence-corrected chi connectivity index (χ1v) is 9.58. The number of aliphatic imine (C=N–C) groups is 1. The van der Waals surface area contributed by atoms with E-state index in [9.17, 15) is 4.79 Å². The van der Waals surface area contributed by atoms with Gasteiger partial charge in [0.1, 0.15) is 5.76 Å². The highest BCUT2D eigenvalue weighted by Gasteiger charge is 2.25. The molecular formula is C20H28N4O3. The summed E-state index contributed by atoms with van der Waals surface area (Å²) in [5.74, 6) is 2.19. The molecular weight excluding hydrogens is 344 g/mol. The number of nitrogens with zero attached hydrogens (tertiary/aromatic N) is 3. The summed E-state index contributed by atoms with van der Waals surface area (Å²) in [6.07, 6.45) is 5.01. The predicted molar refractivity (Wildman–Crippen MR) is 104 cm³/mol. The maximum atomic E-state index is 12.4. The zero-order valence-corrected chi connectivity index (χ0v) is 16.1. The molecule has 0 bridgehead atoms. The molecule has 1 unspecified atom stereocenters. The number of carbonyl (C=O) groups excluding carboxylic acids is 1. The minimum Gasteiger partial charge on any atom is -0.469 e. The Morgan fingerprint density at radius 2 is 1.85 bits per heavy atom. The maximum Gasteiger partial charge on any atom is 0.289 e. The van der Waals surface area contributed by atoms with Crippen LogP contribution in [0.15, 0.2) is 50.6 Å². The van der Waals surface area contributed by atoms with E-state index in [0.717, 1.165) is 37.7 Å². The molecule has 1 fully saturated rings. The van der Waals surface area contributed by atoms with Crippen LogP contribution in [0.2, 0.25) is 0 Å². The van der Waals surface area contributed by atoms with Gasteiger partial charge in [0.05, 0.1) is 12.5 Å². The van der Waals surface area contributed by atoms with Gasteiger partial charge in [0.15, 0.2) is 11.7 Å². The number of piperazine rings is 1. The van der Waals surface area contributed by atoms with Crippen molar-refractivity contribution in [2.75, 3.05) is 32.7 Å². The molecule has 1 amide bonds. The van der Waals surface area contributed by atoms with Crippen LogP contribution in [0.1, 0.15) is 36.6 Å². The minimum absolute atomic E-state index is 0.0501. The predicted octanol–water partition coefficient (Wildman–Crippen LogP) is 2.62. The van der Waals surface area contributed by atoms with Gasteiger partial charge in [-0.05, 0) is 37.6 Å². The second-order valence-corrected chi connectivity index (χ2v) is 6.74. The molecule has 1 atom stereocenters. The van der Waals surface area contributed by atoms with E-state index in [2.05, 4.69) is 24.1 Å². The SMILES string of the molecule is CCC(C)NC(=NCCc1ccco1)N1CCN(C(=O)c2ccco2)CC1. The van der Waals surface area contributed by atoms with Gasteiger partial charge in [-0.2, -0.15) is 0 Å². The van der Waals surface area contributed by atoms with Crippen LogP contribution in [-0.4, -0.2) is 60.4 Å². The quantitative estimate of drug-likeness (QED) is 0.623. The van der Waals surface area contributed by atoms with Crippen LogP contribution in [-0.2, 0) is 6.42 Å². The number of guanidine groups is 1. The third kappa shape index (κ3) is 5.15. The number of carbonyl (C=O) groups is 1. The van der Waals surface area contributed by atoms with Crippen LogP contribution in [0.5, 0.6) is 0 Å². The lowest BCUT2D eigenvalue weighted by atomic mass is 10.2. The summed E-state index contributed by atoms with van der Waals surface area (Å²) in [4.78, 5) is 21.3. The molecule has 3 rings (SSSR count). The van der Waals surface area contributed by atoms with E-state index in [4.69, 9.17) is 13.8 Å². The molecule has 146 valence electrons. The minimum atomic E-state index is -0.0501. The number of furan rings is 2. The van der Waals surface area contributed by atoms with Crippen molar-refractivity contribution in [2.24, 2.45) is 4.99 Å². The van der Waals surface area contributed by atoms with Crippen molar-refractivity contribution in [1.82, 2.24) is 15.1 Å². The Labute approximate surface area is 160 Å². The Hall–Kier alpha value is -2.70. The molecule has 7 nitrogen and oxygen atoms in total. The summed E-state index contributed by atoms with van der Waals surface area (Å²) < 4.78 is 10.6. The largest absolute Gasteiger partial charge is 0.469 e. The highest BCUT2D eigenvalue weighted by Crippen LogP contribution is 2.10. The normalized spacial score (nSPS) is 16.4. The van der Waals surface area contributed by atoms with Gasteiger partial charge >= 0.3 is 0 Å². The van der Waals surface area contributed by atoms with Crippen molar-refractivity contribution >= 4 is 11.9 Å². The van der Waals surface area contributed by atoms with Gasteiger partial charge < -0.3 is 24.0 Å². The van der Waals surface area contributed by atoms with Gasteiger partial charge in [0, 0.05) is 45.2 Å². The first-order valence-electron chi connectivity index (χ1n) is 9.58. The maximum absolute atomic E-state index is 12.4. The van der Waals surface area contributed by atoms with E-state index in [-0.39, 0.29) is 5.91 Å². The molecule has 2 aromatic heterocycles. The Balaban J connectivity index is 1.58. The van der Waals surface area contributed by atoms with E-state index < -0.39 is 0 Å². The van der Waals surface area contributed by atoms with Gasteiger partial charge in [-0.3, -0.25) is 9.79 Å². The number of nitrogens with one attached hydrogen (secondary N) is 1. The zero-order chi connectivity index (χ0) is 19.1. The highest BCUT2D eigenvalue weighted by atomic mass is 16.3. The van der Waals surface area contributed by atoms with Gasteiger partial charge in [-0.1, -0.05) is 6.92 Å². The Kier molecular flexibility index (Phi) is 6.57. The fourth-order valence-corrected chi connectivity index (χ4v) is 2.96. The van der Waals surface area contributed by atoms with Crippen molar-refractivity contribution in [2.45, 2.75) is 32.7 Å². The topological polar surface area (TPSA) is 74.2 Å². The summed E-state index contributed by atoms with van der Waals surface area (Å²) in [7, 11) is 0. The van der Waals surface area contributed by atoms with Crippen LogP contribution in [0.3, 0.4) is 0 Å². The van der Waals surface area contributed by atoms with Crippen molar-refractivity contribution in [3.05, 3.63) is 48.3 Å². The number of amides is 1. The van der Waals surface area contributed by atoms with Crippen LogP contribution < -0.4 is 5.32 Å². The molecule has 0 spiro atoms. The van der Waals surface area contributed by atoms with Crippen LogP contribution in [0.25, 0.3) is 0 Å². The van der Waals surface area contributed by atoms with Gasteiger partial charge in [-0.15, -0.1) is 0 Å². The standard InChI is InChI=1S/C20H28N4O3/c1-3-16(2)22-20(21-9-8-17-6-4-14-26-17)24-12-10-23(11-13-24)19(25)18-7-5-15-27-18/h4-7,14-16H,3,8-13H2,1-2H3,(H,21,22). The van der Waals surface area contributed by atoms with Crippen LogP contribution in [0, 0.1) is 0 Å². The summed E-state index contributed by atoms with van der Waals surface area (Å²) >= 11 is 0. The molecule has 1 saturated heterocycles. The molecule has 1 N–H and O–H groups in total. The molecule has 7 heteroatoms. The highest BCUT2D eigenvalue weighted by molar-refractivity contribution is 5.91. The summed E-state index contributed by atoms with van der Waals surface area (Å²) in [6, 6.07) is 7.66. The number of hydrogen-bond acceptors (Lipinski definition) is 4. The molecule has 0 radical (unpaired) electrons. The Bertz CT molecular complexity index is 717. The van der Waals surface area contributed by atoms with Crippen LogP contribution in [0.4, 0.5) is 0 Å². The fraction of sp³-hybridized carbons (Fsp3) is 0.500. The monoisotopic (exact) mass is 372 g/mol. The first kappa shape index (κ1) is 19.1. The second-order valence-electron chi connectivity index (χ2n) is 6.74. The van der Waals surface area contributed by atoms with Crippen molar-refractivity contribution in [3.8, 4) is 0 Å². The Morgan fingerprint density at radius 3 is 2.48 bits per heavy atom. The second kappa shape index (κ2) is 9.30. The molecule has 0 aromatic carbocycles. The van der Waals surface area contributed by atoms with E-state index in [1.54, 1.807) is 18.4 Å². The summed E-state index contributed by atoms with van der Waals surface area (Å²) in [5.41, 5.74) is 0. The average Bonchev–Trinajstić information content (AvgIpc) is 3.40. The molecule has 27 heavy (non-hydrogen) atoms. The summed E-state index contributed by atoms with van der Waals surface area (Å²) in [5, 5.41) is 3.51. The molecule has 1 aliphatic rings. The lowest BCUT2D eigenvalue weighted by molar-refractivity contribution is 0.0657. The van der Waals surface area contributed by atoms with E-state index in [1.165, 1.54) is 6.26 Å². The smallest absolute Gasteiger partial charge is 0.289 e. The Morgan fingerprint density at radius 1 is 1.15 bits per heavy atom. The molecule has 1 aliphatic heterocycles. The molecule has 3 heterocycles. The van der Waals surface area contributed by atoms with Gasteiger partial charge in [0.25, 0.3) is 5.91 Å². The van der Waals surface area contributed by atoms with E-state index >= 15 is 0 Å². The molecule has 0 saturated carbocycles.